The Bertz CT molecular complexity index is 1220. The van der Waals surface area contributed by atoms with E-state index in [0.29, 0.717) is 25.3 Å². The van der Waals surface area contributed by atoms with Crippen LogP contribution in [0, 0.1) is 6.92 Å². The van der Waals surface area contributed by atoms with Gasteiger partial charge in [0, 0.05) is 19.5 Å². The van der Waals surface area contributed by atoms with Crippen molar-refractivity contribution in [3.8, 4) is 5.75 Å². The summed E-state index contributed by atoms with van der Waals surface area (Å²) in [6.45, 7) is 11.3. The van der Waals surface area contributed by atoms with Crippen molar-refractivity contribution in [2.24, 2.45) is 0 Å². The molecule has 1 atom stereocenters. The lowest BCUT2D eigenvalue weighted by molar-refractivity contribution is -0.142. The van der Waals surface area contributed by atoms with E-state index in [0.717, 1.165) is 34.0 Å². The minimum Gasteiger partial charge on any atom is -0.483 e. The Labute approximate surface area is 242 Å². The quantitative estimate of drug-likeness (QED) is 0.230. The third-order valence-electron chi connectivity index (χ3n) is 6.72. The van der Waals surface area contributed by atoms with Gasteiger partial charge in [-0.1, -0.05) is 100 Å². The van der Waals surface area contributed by atoms with Gasteiger partial charge in [0.1, 0.15) is 11.8 Å². The average Bonchev–Trinajstić information content (AvgIpc) is 2.91. The number of carbonyl (C=O) groups excluding carboxylic acids is 2. The van der Waals surface area contributed by atoms with Gasteiger partial charge in [-0.3, -0.25) is 9.59 Å². The molecule has 0 spiro atoms. The Hall–Kier alpha value is -3.12. The van der Waals surface area contributed by atoms with Crippen LogP contribution in [0.25, 0.3) is 0 Å². The lowest BCUT2D eigenvalue weighted by Crippen LogP contribution is -2.51. The first-order valence-electron chi connectivity index (χ1n) is 13.7. The highest BCUT2D eigenvalue weighted by Crippen LogP contribution is 2.31. The molecule has 0 aliphatic rings. The van der Waals surface area contributed by atoms with Crippen molar-refractivity contribution < 1.29 is 14.3 Å². The maximum absolute atomic E-state index is 13.8. The number of nitrogens with zero attached hydrogens (tertiary/aromatic N) is 1. The molecule has 0 bridgehead atoms. The Kier molecular flexibility index (Phi) is 11.2. The van der Waals surface area contributed by atoms with E-state index in [1.165, 1.54) is 5.56 Å². The van der Waals surface area contributed by atoms with E-state index in [2.05, 4.69) is 48.9 Å². The van der Waals surface area contributed by atoms with Crippen molar-refractivity contribution in [1.29, 1.82) is 0 Å². The highest BCUT2D eigenvalue weighted by atomic mass is 79.9. The molecular weight excluding hydrogens is 552 g/mol. The van der Waals surface area contributed by atoms with E-state index >= 15 is 0 Å². The molecule has 0 aliphatic heterocycles. The summed E-state index contributed by atoms with van der Waals surface area (Å²) in [4.78, 5) is 29.0. The van der Waals surface area contributed by atoms with E-state index in [4.69, 9.17) is 4.74 Å². The van der Waals surface area contributed by atoms with Crippen molar-refractivity contribution in [1.82, 2.24) is 10.2 Å². The fraction of sp³-hybridized carbons (Fsp3) is 0.394. The molecule has 2 amide bonds. The molecule has 0 aliphatic carbocycles. The van der Waals surface area contributed by atoms with E-state index < -0.39 is 6.04 Å². The zero-order chi connectivity index (χ0) is 28.4. The van der Waals surface area contributed by atoms with Gasteiger partial charge in [-0.25, -0.2) is 0 Å². The summed E-state index contributed by atoms with van der Waals surface area (Å²) in [6, 6.07) is 23.2. The maximum atomic E-state index is 13.8. The number of carbonyl (C=O) groups is 2. The fourth-order valence-electron chi connectivity index (χ4n) is 4.26. The van der Waals surface area contributed by atoms with Crippen LogP contribution in [0.2, 0.25) is 0 Å². The standard InChI is InChI=1S/C33H41BrN2O3/c1-6-7-19-35-32(38)29(20-25-11-9-8-10-12-25)36(22-26-15-13-24(2)14-16-26)31(37)23-39-30-18-17-27(21-28(30)34)33(3,4)5/h8-18,21,29H,6-7,19-20,22-23H2,1-5H3,(H,35,38)/t29-/m0/s1. The lowest BCUT2D eigenvalue weighted by atomic mass is 9.87. The van der Waals surface area contributed by atoms with Gasteiger partial charge in [0.05, 0.1) is 4.47 Å². The number of nitrogens with one attached hydrogen (secondary N) is 1. The molecule has 0 saturated carbocycles. The fourth-order valence-corrected chi connectivity index (χ4v) is 4.75. The number of ether oxygens (including phenoxy) is 1. The van der Waals surface area contributed by atoms with Crippen LogP contribution in [0.5, 0.6) is 5.75 Å². The number of amides is 2. The summed E-state index contributed by atoms with van der Waals surface area (Å²) in [6.07, 6.45) is 2.28. The average molecular weight is 594 g/mol. The zero-order valence-electron chi connectivity index (χ0n) is 23.8. The van der Waals surface area contributed by atoms with Gasteiger partial charge in [-0.05, 0) is 63.5 Å². The van der Waals surface area contributed by atoms with E-state index in [-0.39, 0.29) is 23.8 Å². The van der Waals surface area contributed by atoms with Crippen LogP contribution in [0.15, 0.2) is 77.3 Å². The Morgan fingerprint density at radius 3 is 2.28 bits per heavy atom. The smallest absolute Gasteiger partial charge is 0.261 e. The summed E-state index contributed by atoms with van der Waals surface area (Å²) in [7, 11) is 0. The summed E-state index contributed by atoms with van der Waals surface area (Å²) >= 11 is 3.60. The van der Waals surface area contributed by atoms with Crippen molar-refractivity contribution in [3.63, 3.8) is 0 Å². The normalized spacial score (nSPS) is 12.1. The molecular formula is C33H41BrN2O3. The SMILES string of the molecule is CCCCNC(=O)[C@H](Cc1ccccc1)N(Cc1ccc(C)cc1)C(=O)COc1ccc(C(C)(C)C)cc1Br. The van der Waals surface area contributed by atoms with Crippen LogP contribution in [-0.2, 0) is 28.0 Å². The summed E-state index contributed by atoms with van der Waals surface area (Å²) in [5.74, 6) is 0.205. The molecule has 0 radical (unpaired) electrons. The van der Waals surface area contributed by atoms with Gasteiger partial charge < -0.3 is 15.0 Å². The molecule has 0 aromatic heterocycles. The molecule has 5 nitrogen and oxygen atoms in total. The minimum absolute atomic E-state index is 0.00248. The lowest BCUT2D eigenvalue weighted by Gasteiger charge is -2.31. The second kappa shape index (κ2) is 14.3. The largest absolute Gasteiger partial charge is 0.483 e. The Balaban J connectivity index is 1.88. The first-order valence-corrected chi connectivity index (χ1v) is 14.5. The molecule has 3 aromatic rings. The van der Waals surface area contributed by atoms with Gasteiger partial charge in [0.15, 0.2) is 6.61 Å². The van der Waals surface area contributed by atoms with Crippen molar-refractivity contribution in [2.75, 3.05) is 13.2 Å². The predicted octanol–water partition coefficient (Wildman–Crippen LogP) is 6.99. The molecule has 0 heterocycles. The van der Waals surface area contributed by atoms with Crippen LogP contribution < -0.4 is 10.1 Å². The number of aryl methyl sites for hydroxylation is 1. The summed E-state index contributed by atoms with van der Waals surface area (Å²) in [5.41, 5.74) is 4.26. The highest BCUT2D eigenvalue weighted by Gasteiger charge is 2.30. The van der Waals surface area contributed by atoms with E-state index in [9.17, 15) is 9.59 Å². The van der Waals surface area contributed by atoms with Crippen molar-refractivity contribution >= 4 is 27.7 Å². The Morgan fingerprint density at radius 2 is 1.67 bits per heavy atom. The van der Waals surface area contributed by atoms with Gasteiger partial charge in [-0.2, -0.15) is 0 Å². The highest BCUT2D eigenvalue weighted by molar-refractivity contribution is 9.10. The third-order valence-corrected chi connectivity index (χ3v) is 7.34. The zero-order valence-corrected chi connectivity index (χ0v) is 25.4. The molecule has 3 rings (SSSR count). The Morgan fingerprint density at radius 1 is 0.974 bits per heavy atom. The first-order chi connectivity index (χ1) is 18.6. The predicted molar refractivity (Wildman–Crippen MR) is 162 cm³/mol. The van der Waals surface area contributed by atoms with Crippen LogP contribution in [0.3, 0.4) is 0 Å². The molecule has 1 N–H and O–H groups in total. The van der Waals surface area contributed by atoms with Crippen molar-refractivity contribution in [2.45, 2.75) is 71.9 Å². The van der Waals surface area contributed by atoms with Crippen molar-refractivity contribution in [3.05, 3.63) is 99.5 Å². The number of benzene rings is 3. The summed E-state index contributed by atoms with van der Waals surface area (Å²) in [5, 5.41) is 3.06. The molecule has 0 saturated heterocycles. The summed E-state index contributed by atoms with van der Waals surface area (Å²) < 4.78 is 6.81. The van der Waals surface area contributed by atoms with Crippen LogP contribution in [-0.4, -0.2) is 35.9 Å². The molecule has 6 heteroatoms. The number of hydrogen-bond acceptors (Lipinski definition) is 3. The third kappa shape index (κ3) is 9.24. The monoisotopic (exact) mass is 592 g/mol. The minimum atomic E-state index is -0.673. The first kappa shape index (κ1) is 30.4. The number of hydrogen-bond donors (Lipinski definition) is 1. The van der Waals surface area contributed by atoms with Crippen LogP contribution >= 0.6 is 15.9 Å². The topological polar surface area (TPSA) is 58.6 Å². The maximum Gasteiger partial charge on any atom is 0.261 e. The van der Waals surface area contributed by atoms with Gasteiger partial charge in [0.2, 0.25) is 5.91 Å². The van der Waals surface area contributed by atoms with Gasteiger partial charge in [-0.15, -0.1) is 0 Å². The molecule has 0 fully saturated rings. The number of unbranched alkanes of at least 4 members (excludes halogenated alkanes) is 1. The second-order valence-electron chi connectivity index (χ2n) is 11.0. The molecule has 39 heavy (non-hydrogen) atoms. The van der Waals surface area contributed by atoms with Gasteiger partial charge >= 0.3 is 0 Å². The van der Waals surface area contributed by atoms with Gasteiger partial charge in [0.25, 0.3) is 5.91 Å². The second-order valence-corrected chi connectivity index (χ2v) is 11.9. The van der Waals surface area contributed by atoms with E-state index in [1.54, 1.807) is 4.90 Å². The van der Waals surface area contributed by atoms with Crippen LogP contribution in [0.4, 0.5) is 0 Å². The van der Waals surface area contributed by atoms with E-state index in [1.807, 2.05) is 79.7 Å². The van der Waals surface area contributed by atoms with Crippen LogP contribution in [0.1, 0.15) is 62.8 Å². The number of halogens is 1. The molecule has 208 valence electrons. The molecule has 0 unspecified atom stereocenters. The molecule has 3 aromatic carbocycles. The number of rotatable bonds is 12.